The first-order valence-electron chi connectivity index (χ1n) is 5.18. The van der Waals surface area contributed by atoms with Crippen molar-refractivity contribution in [1.29, 1.82) is 0 Å². The fraction of sp³-hybridized carbons (Fsp3) is 0.692. The van der Waals surface area contributed by atoms with Crippen LogP contribution in [-0.2, 0) is 0 Å². The van der Waals surface area contributed by atoms with Crippen LogP contribution >= 0.6 is 0 Å². The molecule has 0 aromatic carbocycles. The van der Waals surface area contributed by atoms with Crippen LogP contribution in [-0.4, -0.2) is 7.05 Å². The minimum Gasteiger partial charge on any atom is -0.394 e. The highest BCUT2D eigenvalue weighted by Crippen LogP contribution is 2.38. The second kappa shape index (κ2) is 4.20. The van der Waals surface area contributed by atoms with Gasteiger partial charge in [0.1, 0.15) is 0 Å². The van der Waals surface area contributed by atoms with Crippen LogP contribution in [0, 0.1) is 10.8 Å². The zero-order chi connectivity index (χ0) is 11.6. The molecule has 0 aliphatic rings. The van der Waals surface area contributed by atoms with Gasteiger partial charge < -0.3 is 5.32 Å². The molecule has 0 rings (SSSR count). The third-order valence-corrected chi connectivity index (χ3v) is 2.33. The maximum Gasteiger partial charge on any atom is 0.00278 e. The molecule has 1 nitrogen and oxygen atoms in total. The average molecular weight is 195 g/mol. The zero-order valence-corrected chi connectivity index (χ0v) is 10.8. The monoisotopic (exact) mass is 195 g/mol. The summed E-state index contributed by atoms with van der Waals surface area (Å²) >= 11 is 0. The first-order chi connectivity index (χ1) is 6.10. The highest BCUT2D eigenvalue weighted by Gasteiger charge is 2.26. The van der Waals surface area contributed by atoms with Crippen molar-refractivity contribution in [3.8, 4) is 0 Å². The van der Waals surface area contributed by atoms with Gasteiger partial charge in [-0.25, -0.2) is 0 Å². The Bertz CT molecular complexity index is 233. The third-order valence-electron chi connectivity index (χ3n) is 2.33. The topological polar surface area (TPSA) is 12.0 Å². The van der Waals surface area contributed by atoms with Gasteiger partial charge in [0, 0.05) is 13.2 Å². The van der Waals surface area contributed by atoms with Crippen molar-refractivity contribution in [3.05, 3.63) is 23.9 Å². The van der Waals surface area contributed by atoms with Crippen LogP contribution < -0.4 is 5.32 Å². The van der Waals surface area contributed by atoms with Crippen LogP contribution in [0.2, 0.25) is 0 Å². The maximum absolute atomic E-state index is 4.20. The maximum atomic E-state index is 4.20. The fourth-order valence-electron chi connectivity index (χ4n) is 1.30. The van der Waals surface area contributed by atoms with E-state index in [0.29, 0.717) is 0 Å². The predicted molar refractivity (Wildman–Crippen MR) is 65.2 cm³/mol. The van der Waals surface area contributed by atoms with E-state index < -0.39 is 0 Å². The van der Waals surface area contributed by atoms with E-state index in [0.717, 1.165) is 0 Å². The van der Waals surface area contributed by atoms with Crippen LogP contribution in [0.1, 0.15) is 41.5 Å². The smallest absolute Gasteiger partial charge is 0.00278 e. The lowest BCUT2D eigenvalue weighted by molar-refractivity contribution is 0.445. The molecule has 0 atom stereocenters. The minimum atomic E-state index is 0.135. The lowest BCUT2D eigenvalue weighted by Crippen LogP contribution is -2.21. The van der Waals surface area contributed by atoms with Crippen LogP contribution in [0.25, 0.3) is 0 Å². The standard InChI is InChI=1S/C13H25N/c1-10(12(2,3)4)11(9-14-8)13(5,6)7/h9,14H,1H2,2-8H3/b11-9+. The van der Waals surface area contributed by atoms with E-state index in [4.69, 9.17) is 0 Å². The third kappa shape index (κ3) is 3.57. The van der Waals surface area contributed by atoms with E-state index in [1.807, 2.05) is 7.05 Å². The minimum absolute atomic E-state index is 0.135. The van der Waals surface area contributed by atoms with Crippen molar-refractivity contribution in [2.75, 3.05) is 7.05 Å². The first-order valence-corrected chi connectivity index (χ1v) is 5.18. The van der Waals surface area contributed by atoms with Crippen LogP contribution in [0.15, 0.2) is 23.9 Å². The van der Waals surface area contributed by atoms with Crippen molar-refractivity contribution in [2.45, 2.75) is 41.5 Å². The summed E-state index contributed by atoms with van der Waals surface area (Å²) < 4.78 is 0. The lowest BCUT2D eigenvalue weighted by atomic mass is 9.74. The molecule has 0 aromatic rings. The van der Waals surface area contributed by atoms with Crippen molar-refractivity contribution >= 4 is 0 Å². The van der Waals surface area contributed by atoms with Crippen LogP contribution in [0.3, 0.4) is 0 Å². The molecule has 0 saturated carbocycles. The Hall–Kier alpha value is -0.720. The molecular formula is C13H25N. The molecule has 0 amide bonds. The lowest BCUT2D eigenvalue weighted by Gasteiger charge is -2.32. The van der Waals surface area contributed by atoms with E-state index in [-0.39, 0.29) is 10.8 Å². The number of hydrogen-bond acceptors (Lipinski definition) is 1. The molecule has 0 spiro atoms. The van der Waals surface area contributed by atoms with Crippen molar-refractivity contribution in [3.63, 3.8) is 0 Å². The molecule has 0 aliphatic heterocycles. The van der Waals surface area contributed by atoms with Gasteiger partial charge in [-0.05, 0) is 22.0 Å². The highest BCUT2D eigenvalue weighted by atomic mass is 14.8. The molecule has 1 N–H and O–H groups in total. The van der Waals surface area contributed by atoms with Gasteiger partial charge in [-0.3, -0.25) is 0 Å². The molecule has 82 valence electrons. The second-order valence-electron chi connectivity index (χ2n) is 5.83. The molecule has 1 heteroatoms. The molecule has 0 unspecified atom stereocenters. The zero-order valence-electron chi connectivity index (χ0n) is 10.8. The predicted octanol–water partition coefficient (Wildman–Crippen LogP) is 3.74. The molecule has 0 aliphatic carbocycles. The summed E-state index contributed by atoms with van der Waals surface area (Å²) in [5.74, 6) is 0. The molecular weight excluding hydrogens is 170 g/mol. The molecule has 0 saturated heterocycles. The van der Waals surface area contributed by atoms with Crippen LogP contribution in [0.5, 0.6) is 0 Å². The Balaban J connectivity index is 5.08. The quantitative estimate of drug-likeness (QED) is 0.662. The molecule has 0 bridgehead atoms. The Kier molecular flexibility index (Phi) is 3.99. The van der Waals surface area contributed by atoms with Gasteiger partial charge in [0.15, 0.2) is 0 Å². The van der Waals surface area contributed by atoms with Gasteiger partial charge in [0.2, 0.25) is 0 Å². The highest BCUT2D eigenvalue weighted by molar-refractivity contribution is 5.36. The number of allylic oxidation sites excluding steroid dienone is 2. The van der Waals surface area contributed by atoms with E-state index in [9.17, 15) is 0 Å². The normalized spacial score (nSPS) is 14.1. The Morgan fingerprint density at radius 2 is 1.43 bits per heavy atom. The SMILES string of the molecule is C=C(/C(=C\NC)C(C)(C)C)C(C)(C)C. The van der Waals surface area contributed by atoms with Gasteiger partial charge >= 0.3 is 0 Å². The number of rotatable bonds is 2. The summed E-state index contributed by atoms with van der Waals surface area (Å²) in [6, 6.07) is 0. The summed E-state index contributed by atoms with van der Waals surface area (Å²) in [4.78, 5) is 0. The number of hydrogen-bond donors (Lipinski definition) is 1. The van der Waals surface area contributed by atoms with Gasteiger partial charge in [0.05, 0.1) is 0 Å². The molecule has 0 aromatic heterocycles. The van der Waals surface area contributed by atoms with Crippen molar-refractivity contribution in [1.82, 2.24) is 5.32 Å². The Morgan fingerprint density at radius 1 is 1.00 bits per heavy atom. The van der Waals surface area contributed by atoms with E-state index in [1.165, 1.54) is 11.1 Å². The Morgan fingerprint density at radius 3 is 1.64 bits per heavy atom. The van der Waals surface area contributed by atoms with Gasteiger partial charge in [-0.2, -0.15) is 0 Å². The summed E-state index contributed by atoms with van der Waals surface area (Å²) in [5.41, 5.74) is 2.79. The van der Waals surface area contributed by atoms with Gasteiger partial charge in [-0.15, -0.1) is 0 Å². The molecule has 0 fully saturated rings. The van der Waals surface area contributed by atoms with Crippen molar-refractivity contribution in [2.24, 2.45) is 10.8 Å². The largest absolute Gasteiger partial charge is 0.394 e. The van der Waals surface area contributed by atoms with Gasteiger partial charge in [0.25, 0.3) is 0 Å². The summed E-state index contributed by atoms with van der Waals surface area (Å²) in [6.45, 7) is 17.4. The summed E-state index contributed by atoms with van der Waals surface area (Å²) in [5, 5.41) is 3.10. The van der Waals surface area contributed by atoms with Crippen molar-refractivity contribution < 1.29 is 0 Å². The molecule has 0 radical (unpaired) electrons. The van der Waals surface area contributed by atoms with Crippen LogP contribution in [0.4, 0.5) is 0 Å². The average Bonchev–Trinajstić information content (AvgIpc) is 1.94. The summed E-state index contributed by atoms with van der Waals surface area (Å²) in [7, 11) is 1.93. The summed E-state index contributed by atoms with van der Waals surface area (Å²) in [6.07, 6.45) is 2.06. The van der Waals surface area contributed by atoms with Gasteiger partial charge in [-0.1, -0.05) is 48.1 Å². The first kappa shape index (κ1) is 13.3. The fourth-order valence-corrected chi connectivity index (χ4v) is 1.30. The second-order valence-corrected chi connectivity index (χ2v) is 5.83. The number of nitrogens with one attached hydrogen (secondary N) is 1. The van der Waals surface area contributed by atoms with E-state index in [1.54, 1.807) is 0 Å². The van der Waals surface area contributed by atoms with E-state index in [2.05, 4.69) is 59.6 Å². The van der Waals surface area contributed by atoms with E-state index >= 15 is 0 Å². The molecule has 14 heavy (non-hydrogen) atoms. The Labute approximate surface area is 89.3 Å². The molecule has 0 heterocycles.